The molecular formula is C13H17N3O2S. The molecule has 0 saturated heterocycles. The molecule has 2 heterocycles. The Labute approximate surface area is 116 Å². The second-order valence-electron chi connectivity index (χ2n) is 4.51. The number of aromatic nitrogens is 2. The Kier molecular flexibility index (Phi) is 4.68. The van der Waals surface area contributed by atoms with Crippen molar-refractivity contribution in [2.45, 2.75) is 39.2 Å². The summed E-state index contributed by atoms with van der Waals surface area (Å²) >= 11 is 1.16. The maximum Gasteiger partial charge on any atom is 0.265 e. The van der Waals surface area contributed by atoms with Crippen molar-refractivity contribution >= 4 is 17.4 Å². The molecule has 1 amide bonds. The first-order chi connectivity index (χ1) is 9.20. The molecular weight excluding hydrogens is 262 g/mol. The van der Waals surface area contributed by atoms with Crippen molar-refractivity contribution in [3.63, 3.8) is 0 Å². The van der Waals surface area contributed by atoms with Crippen LogP contribution >= 0.6 is 11.5 Å². The van der Waals surface area contributed by atoms with Crippen molar-refractivity contribution in [2.75, 3.05) is 0 Å². The number of aryl methyl sites for hydroxylation is 1. The highest BCUT2D eigenvalue weighted by Gasteiger charge is 2.17. The fraction of sp³-hybridized carbons (Fsp3) is 0.462. The first kappa shape index (κ1) is 13.7. The zero-order valence-electron chi connectivity index (χ0n) is 11.0. The van der Waals surface area contributed by atoms with Gasteiger partial charge in [-0.3, -0.25) is 4.79 Å². The summed E-state index contributed by atoms with van der Waals surface area (Å²) in [4.78, 5) is 12.8. The fourth-order valence-electron chi connectivity index (χ4n) is 1.88. The smallest absolute Gasteiger partial charge is 0.265 e. The minimum atomic E-state index is -0.0885. The highest BCUT2D eigenvalue weighted by Crippen LogP contribution is 2.13. The Bertz CT molecular complexity index is 522. The van der Waals surface area contributed by atoms with Gasteiger partial charge in [-0.05, 0) is 42.9 Å². The average Bonchev–Trinajstić information content (AvgIpc) is 3.00. The monoisotopic (exact) mass is 279 g/mol. The lowest BCUT2D eigenvalue weighted by Crippen LogP contribution is -2.34. The lowest BCUT2D eigenvalue weighted by Gasteiger charge is -2.12. The summed E-state index contributed by atoms with van der Waals surface area (Å²) in [5.74, 6) is -0.0885. The predicted molar refractivity (Wildman–Crippen MR) is 73.2 cm³/mol. The van der Waals surface area contributed by atoms with Gasteiger partial charge in [0.1, 0.15) is 4.88 Å². The highest BCUT2D eigenvalue weighted by molar-refractivity contribution is 7.08. The number of rotatable bonds is 6. The summed E-state index contributed by atoms with van der Waals surface area (Å²) in [7, 11) is 0. The number of furan rings is 1. The van der Waals surface area contributed by atoms with Gasteiger partial charge in [-0.2, -0.15) is 0 Å². The predicted octanol–water partition coefficient (Wildman–Crippen LogP) is 2.44. The average molecular weight is 279 g/mol. The van der Waals surface area contributed by atoms with Gasteiger partial charge >= 0.3 is 0 Å². The van der Waals surface area contributed by atoms with Gasteiger partial charge in [0.2, 0.25) is 0 Å². The number of carbonyl (C=O) groups is 1. The van der Waals surface area contributed by atoms with Gasteiger partial charge in [-0.15, -0.1) is 5.10 Å². The molecule has 1 N–H and O–H groups in total. The first-order valence-electron chi connectivity index (χ1n) is 6.34. The maximum atomic E-state index is 12.1. The number of hydrogen-bond donors (Lipinski definition) is 1. The van der Waals surface area contributed by atoms with E-state index in [2.05, 4.69) is 21.8 Å². The summed E-state index contributed by atoms with van der Waals surface area (Å²) in [5, 5.41) is 6.97. The van der Waals surface area contributed by atoms with Crippen LogP contribution in [-0.4, -0.2) is 21.5 Å². The van der Waals surface area contributed by atoms with Gasteiger partial charge in [0.15, 0.2) is 0 Å². The van der Waals surface area contributed by atoms with Crippen molar-refractivity contribution in [3.8, 4) is 0 Å². The second kappa shape index (κ2) is 6.47. The Morgan fingerprint density at radius 1 is 1.58 bits per heavy atom. The van der Waals surface area contributed by atoms with Crippen LogP contribution in [-0.2, 0) is 12.8 Å². The number of nitrogens with one attached hydrogen (secondary N) is 1. The van der Waals surface area contributed by atoms with Crippen LogP contribution in [0, 0.1) is 0 Å². The van der Waals surface area contributed by atoms with E-state index in [1.54, 1.807) is 12.5 Å². The molecule has 102 valence electrons. The molecule has 0 aliphatic rings. The quantitative estimate of drug-likeness (QED) is 0.882. The lowest BCUT2D eigenvalue weighted by molar-refractivity contribution is 0.0943. The summed E-state index contributed by atoms with van der Waals surface area (Å²) in [5.41, 5.74) is 1.87. The number of hydrogen-bond acceptors (Lipinski definition) is 5. The van der Waals surface area contributed by atoms with E-state index in [4.69, 9.17) is 4.42 Å². The second-order valence-corrected chi connectivity index (χ2v) is 5.26. The van der Waals surface area contributed by atoms with Gasteiger partial charge in [0.25, 0.3) is 5.91 Å². The molecule has 5 nitrogen and oxygen atoms in total. The van der Waals surface area contributed by atoms with Crippen molar-refractivity contribution in [1.82, 2.24) is 14.9 Å². The van der Waals surface area contributed by atoms with Crippen molar-refractivity contribution in [3.05, 3.63) is 34.7 Å². The fourth-order valence-corrected chi connectivity index (χ4v) is 2.50. The molecule has 0 saturated carbocycles. The summed E-state index contributed by atoms with van der Waals surface area (Å²) in [6.45, 7) is 4.03. The molecule has 0 aliphatic heterocycles. The van der Waals surface area contributed by atoms with Crippen LogP contribution in [0.2, 0.25) is 0 Å². The zero-order valence-corrected chi connectivity index (χ0v) is 11.9. The highest BCUT2D eigenvalue weighted by atomic mass is 32.1. The largest absolute Gasteiger partial charge is 0.472 e. The van der Waals surface area contributed by atoms with Crippen LogP contribution in [0.1, 0.15) is 41.2 Å². The van der Waals surface area contributed by atoms with Crippen molar-refractivity contribution in [1.29, 1.82) is 0 Å². The molecule has 0 fully saturated rings. The molecule has 2 aromatic heterocycles. The number of amides is 1. The molecule has 0 bridgehead atoms. The third kappa shape index (κ3) is 3.64. The SMILES string of the molecule is CCCc1nnsc1C(=O)NC(C)Cc1ccoc1. The summed E-state index contributed by atoms with van der Waals surface area (Å²) in [6.07, 6.45) is 5.82. The molecule has 1 unspecified atom stereocenters. The molecule has 0 aromatic carbocycles. The lowest BCUT2D eigenvalue weighted by atomic mass is 10.1. The van der Waals surface area contributed by atoms with Gasteiger partial charge in [0, 0.05) is 6.04 Å². The van der Waals surface area contributed by atoms with E-state index < -0.39 is 0 Å². The van der Waals surface area contributed by atoms with Crippen molar-refractivity contribution < 1.29 is 9.21 Å². The van der Waals surface area contributed by atoms with Gasteiger partial charge in [0.05, 0.1) is 18.2 Å². The van der Waals surface area contributed by atoms with Gasteiger partial charge in [-0.25, -0.2) is 0 Å². The molecule has 0 spiro atoms. The minimum absolute atomic E-state index is 0.0432. The van der Waals surface area contributed by atoms with Crippen LogP contribution in [0.3, 0.4) is 0 Å². The first-order valence-corrected chi connectivity index (χ1v) is 7.11. The Balaban J connectivity index is 1.94. The van der Waals surface area contributed by atoms with Crippen LogP contribution in [0.4, 0.5) is 0 Å². The molecule has 1 atom stereocenters. The third-order valence-electron chi connectivity index (χ3n) is 2.75. The molecule has 0 radical (unpaired) electrons. The van der Waals surface area contributed by atoms with E-state index in [-0.39, 0.29) is 11.9 Å². The topological polar surface area (TPSA) is 68.0 Å². The van der Waals surface area contributed by atoms with Crippen LogP contribution in [0.5, 0.6) is 0 Å². The Morgan fingerprint density at radius 2 is 2.42 bits per heavy atom. The third-order valence-corrected chi connectivity index (χ3v) is 3.52. The van der Waals surface area contributed by atoms with E-state index in [0.29, 0.717) is 4.88 Å². The van der Waals surface area contributed by atoms with E-state index in [9.17, 15) is 4.79 Å². The maximum absolute atomic E-state index is 12.1. The standard InChI is InChI=1S/C13H17N3O2S/c1-3-4-11-12(19-16-15-11)13(17)14-9(2)7-10-5-6-18-8-10/h5-6,8-9H,3-4,7H2,1-2H3,(H,14,17). The number of nitrogens with zero attached hydrogens (tertiary/aromatic N) is 2. The molecule has 19 heavy (non-hydrogen) atoms. The molecule has 0 aliphatic carbocycles. The van der Waals surface area contributed by atoms with E-state index in [0.717, 1.165) is 42.1 Å². The van der Waals surface area contributed by atoms with E-state index in [1.807, 2.05) is 13.0 Å². The Hall–Kier alpha value is -1.69. The van der Waals surface area contributed by atoms with E-state index in [1.165, 1.54) is 0 Å². The summed E-state index contributed by atoms with van der Waals surface area (Å²) in [6, 6.07) is 1.95. The van der Waals surface area contributed by atoms with Gasteiger partial charge < -0.3 is 9.73 Å². The van der Waals surface area contributed by atoms with Crippen LogP contribution in [0.15, 0.2) is 23.0 Å². The zero-order chi connectivity index (χ0) is 13.7. The van der Waals surface area contributed by atoms with E-state index >= 15 is 0 Å². The van der Waals surface area contributed by atoms with Gasteiger partial charge in [-0.1, -0.05) is 17.8 Å². The number of carbonyl (C=O) groups excluding carboxylic acids is 1. The molecule has 2 rings (SSSR count). The Morgan fingerprint density at radius 3 is 3.11 bits per heavy atom. The molecule has 2 aromatic rings. The van der Waals surface area contributed by atoms with Crippen LogP contribution in [0.25, 0.3) is 0 Å². The van der Waals surface area contributed by atoms with Crippen molar-refractivity contribution in [2.24, 2.45) is 0 Å². The normalized spacial score (nSPS) is 12.3. The summed E-state index contributed by atoms with van der Waals surface area (Å²) < 4.78 is 8.87. The minimum Gasteiger partial charge on any atom is -0.472 e. The van der Waals surface area contributed by atoms with Crippen LogP contribution < -0.4 is 5.32 Å². The molecule has 6 heteroatoms.